The van der Waals surface area contributed by atoms with Gasteiger partial charge in [0.25, 0.3) is 5.56 Å². The number of amides is 1. The van der Waals surface area contributed by atoms with Crippen LogP contribution < -0.4 is 21.5 Å². The van der Waals surface area contributed by atoms with E-state index in [0.29, 0.717) is 16.6 Å². The van der Waals surface area contributed by atoms with Crippen LogP contribution in [-0.2, 0) is 17.9 Å². The lowest BCUT2D eigenvalue weighted by atomic mass is 10.2. The molecule has 2 heterocycles. The standard InChI is InChI=1S/C26H31N5O3/c1-2-30-25(33)22-8-3-4-9-23(22)31(26(30)34)18-24(32)27-20-6-5-7-21(16-20)29-14-12-28(13-15-29)17-19-10-11-19/h3-9,16,19H,2,10-15,17-18H2,1H3,(H,27,32). The van der Waals surface area contributed by atoms with Crippen LogP contribution in [0.5, 0.6) is 0 Å². The molecule has 1 saturated heterocycles. The number of nitrogens with zero attached hydrogens (tertiary/aromatic N) is 4. The predicted octanol–water partition coefficient (Wildman–Crippen LogP) is 2.35. The first kappa shape index (κ1) is 22.4. The fourth-order valence-corrected chi connectivity index (χ4v) is 4.78. The van der Waals surface area contributed by atoms with Crippen LogP contribution in [-0.4, -0.2) is 52.7 Å². The Morgan fingerprint density at radius 1 is 0.971 bits per heavy atom. The van der Waals surface area contributed by atoms with Crippen molar-refractivity contribution in [3.05, 3.63) is 69.4 Å². The van der Waals surface area contributed by atoms with Gasteiger partial charge in [0.05, 0.1) is 10.9 Å². The Morgan fingerprint density at radius 2 is 1.74 bits per heavy atom. The van der Waals surface area contributed by atoms with Gasteiger partial charge in [-0.3, -0.25) is 23.6 Å². The van der Waals surface area contributed by atoms with Gasteiger partial charge < -0.3 is 10.2 Å². The maximum atomic E-state index is 12.9. The minimum atomic E-state index is -0.473. The molecule has 0 radical (unpaired) electrons. The van der Waals surface area contributed by atoms with Crippen LogP contribution in [0.15, 0.2) is 58.1 Å². The maximum Gasteiger partial charge on any atom is 0.331 e. The molecule has 2 aliphatic rings. The molecule has 1 aliphatic carbocycles. The summed E-state index contributed by atoms with van der Waals surface area (Å²) >= 11 is 0. The second-order valence-electron chi connectivity index (χ2n) is 9.26. The van der Waals surface area contributed by atoms with Crippen molar-refractivity contribution in [2.45, 2.75) is 32.9 Å². The number of benzene rings is 2. The Balaban J connectivity index is 1.30. The van der Waals surface area contributed by atoms with E-state index in [-0.39, 0.29) is 24.6 Å². The molecule has 1 saturated carbocycles. The number of fused-ring (bicyclic) bond motifs is 1. The summed E-state index contributed by atoms with van der Waals surface area (Å²) < 4.78 is 2.54. The number of para-hydroxylation sites is 1. The Labute approximate surface area is 198 Å². The number of carbonyl (C=O) groups excluding carboxylic acids is 1. The van der Waals surface area contributed by atoms with Gasteiger partial charge >= 0.3 is 5.69 Å². The van der Waals surface area contributed by atoms with Gasteiger partial charge in [0.15, 0.2) is 0 Å². The lowest BCUT2D eigenvalue weighted by Crippen LogP contribution is -2.47. The number of hydrogen-bond donors (Lipinski definition) is 1. The Kier molecular flexibility index (Phi) is 6.24. The fraction of sp³-hybridized carbons (Fsp3) is 0.423. The first-order valence-electron chi connectivity index (χ1n) is 12.1. The van der Waals surface area contributed by atoms with E-state index < -0.39 is 5.69 Å². The topological polar surface area (TPSA) is 79.6 Å². The van der Waals surface area contributed by atoms with E-state index >= 15 is 0 Å². The van der Waals surface area contributed by atoms with E-state index in [4.69, 9.17) is 0 Å². The first-order valence-corrected chi connectivity index (χ1v) is 12.1. The summed E-state index contributed by atoms with van der Waals surface area (Å²) in [4.78, 5) is 43.4. The lowest BCUT2D eigenvalue weighted by Gasteiger charge is -2.36. The summed E-state index contributed by atoms with van der Waals surface area (Å²) in [7, 11) is 0. The minimum Gasteiger partial charge on any atom is -0.369 e. The average Bonchev–Trinajstić information content (AvgIpc) is 3.67. The zero-order valence-electron chi connectivity index (χ0n) is 19.6. The molecule has 0 spiro atoms. The van der Waals surface area contributed by atoms with Gasteiger partial charge in [0.1, 0.15) is 6.54 Å². The Bertz CT molecular complexity index is 1320. The third kappa shape index (κ3) is 4.63. The first-order chi connectivity index (χ1) is 16.5. The monoisotopic (exact) mass is 461 g/mol. The minimum absolute atomic E-state index is 0.163. The van der Waals surface area contributed by atoms with Gasteiger partial charge in [0, 0.05) is 50.6 Å². The van der Waals surface area contributed by atoms with Crippen LogP contribution in [0.3, 0.4) is 0 Å². The summed E-state index contributed by atoms with van der Waals surface area (Å²) in [6.07, 6.45) is 2.76. The van der Waals surface area contributed by atoms with Crippen LogP contribution in [0.2, 0.25) is 0 Å². The van der Waals surface area contributed by atoms with E-state index in [2.05, 4.69) is 21.2 Å². The van der Waals surface area contributed by atoms with Crippen LogP contribution in [0.25, 0.3) is 10.9 Å². The summed E-state index contributed by atoms with van der Waals surface area (Å²) in [6.45, 7) is 7.15. The molecule has 0 unspecified atom stereocenters. The highest BCUT2D eigenvalue weighted by atomic mass is 16.2. The SMILES string of the molecule is CCn1c(=O)c2ccccc2n(CC(=O)Nc2cccc(N3CCN(CC4CC4)CC3)c2)c1=O. The van der Waals surface area contributed by atoms with E-state index in [1.807, 2.05) is 18.2 Å². The smallest absolute Gasteiger partial charge is 0.331 e. The quantitative estimate of drug-likeness (QED) is 0.584. The zero-order valence-corrected chi connectivity index (χ0v) is 19.6. The second kappa shape index (κ2) is 9.46. The molecule has 1 aliphatic heterocycles. The summed E-state index contributed by atoms with van der Waals surface area (Å²) in [5.74, 6) is 0.603. The van der Waals surface area contributed by atoms with Crippen LogP contribution in [0, 0.1) is 5.92 Å². The molecule has 2 aromatic carbocycles. The number of anilines is 2. The molecule has 1 amide bonds. The van der Waals surface area contributed by atoms with E-state index in [1.54, 1.807) is 31.2 Å². The Hall–Kier alpha value is -3.39. The van der Waals surface area contributed by atoms with Crippen molar-refractivity contribution in [3.63, 3.8) is 0 Å². The normalized spacial score (nSPS) is 16.7. The molecule has 8 heteroatoms. The van der Waals surface area contributed by atoms with Crippen LogP contribution >= 0.6 is 0 Å². The van der Waals surface area contributed by atoms with Crippen molar-refractivity contribution >= 4 is 28.2 Å². The van der Waals surface area contributed by atoms with Crippen molar-refractivity contribution in [3.8, 4) is 0 Å². The molecular weight excluding hydrogens is 430 g/mol. The van der Waals surface area contributed by atoms with Crippen LogP contribution in [0.4, 0.5) is 11.4 Å². The van der Waals surface area contributed by atoms with E-state index in [1.165, 1.54) is 28.5 Å². The number of hydrogen-bond acceptors (Lipinski definition) is 5. The molecule has 3 aromatic rings. The van der Waals surface area contributed by atoms with Crippen molar-refractivity contribution in [1.29, 1.82) is 0 Å². The Morgan fingerprint density at radius 3 is 2.47 bits per heavy atom. The molecule has 8 nitrogen and oxygen atoms in total. The summed E-state index contributed by atoms with van der Waals surface area (Å²) in [5, 5.41) is 3.36. The highest BCUT2D eigenvalue weighted by Crippen LogP contribution is 2.30. The van der Waals surface area contributed by atoms with Gasteiger partial charge in [-0.25, -0.2) is 4.79 Å². The third-order valence-corrected chi connectivity index (χ3v) is 6.83. The zero-order chi connectivity index (χ0) is 23.7. The number of nitrogens with one attached hydrogen (secondary N) is 1. The fourth-order valence-electron chi connectivity index (χ4n) is 4.78. The van der Waals surface area contributed by atoms with Crippen molar-refractivity contribution in [2.75, 3.05) is 42.9 Å². The number of rotatable bonds is 7. The van der Waals surface area contributed by atoms with Crippen LogP contribution in [0.1, 0.15) is 19.8 Å². The molecule has 178 valence electrons. The second-order valence-corrected chi connectivity index (χ2v) is 9.26. The molecular formula is C26H31N5O3. The lowest BCUT2D eigenvalue weighted by molar-refractivity contribution is -0.116. The van der Waals surface area contributed by atoms with Gasteiger partial charge in [-0.2, -0.15) is 0 Å². The predicted molar refractivity (Wildman–Crippen MR) is 135 cm³/mol. The number of carbonyl (C=O) groups is 1. The van der Waals surface area contributed by atoms with Crippen molar-refractivity contribution in [1.82, 2.24) is 14.0 Å². The van der Waals surface area contributed by atoms with Gasteiger partial charge in [-0.05, 0) is 56.0 Å². The highest BCUT2D eigenvalue weighted by molar-refractivity contribution is 5.92. The molecule has 0 bridgehead atoms. The largest absolute Gasteiger partial charge is 0.369 e. The number of aromatic nitrogens is 2. The number of piperazine rings is 1. The molecule has 34 heavy (non-hydrogen) atoms. The molecule has 2 fully saturated rings. The van der Waals surface area contributed by atoms with Crippen molar-refractivity contribution < 1.29 is 4.79 Å². The van der Waals surface area contributed by atoms with Gasteiger partial charge in [-0.15, -0.1) is 0 Å². The van der Waals surface area contributed by atoms with Crippen molar-refractivity contribution in [2.24, 2.45) is 5.92 Å². The average molecular weight is 462 g/mol. The summed E-state index contributed by atoms with van der Waals surface area (Å²) in [5.41, 5.74) is 1.45. The molecule has 1 N–H and O–H groups in total. The van der Waals surface area contributed by atoms with E-state index in [0.717, 1.165) is 37.8 Å². The van der Waals surface area contributed by atoms with Gasteiger partial charge in [-0.1, -0.05) is 18.2 Å². The highest BCUT2D eigenvalue weighted by Gasteiger charge is 2.26. The van der Waals surface area contributed by atoms with Gasteiger partial charge in [0.2, 0.25) is 5.91 Å². The molecule has 0 atom stereocenters. The van der Waals surface area contributed by atoms with E-state index in [9.17, 15) is 14.4 Å². The molecule has 5 rings (SSSR count). The maximum absolute atomic E-state index is 12.9. The third-order valence-electron chi connectivity index (χ3n) is 6.83. The summed E-state index contributed by atoms with van der Waals surface area (Å²) in [6, 6.07) is 14.8. The molecule has 1 aromatic heterocycles.